The van der Waals surface area contributed by atoms with Gasteiger partial charge in [0.2, 0.25) is 0 Å². The number of aromatic nitrogens is 1. The number of ether oxygens (including phenoxy) is 1. The number of methoxy groups -OCH3 is 1. The zero-order valence-electron chi connectivity index (χ0n) is 9.97. The quantitative estimate of drug-likeness (QED) is 0.761. The summed E-state index contributed by atoms with van der Waals surface area (Å²) >= 11 is 0. The molecule has 0 saturated carbocycles. The van der Waals surface area contributed by atoms with Crippen molar-refractivity contribution in [2.45, 2.75) is 20.4 Å². The average Bonchev–Trinajstić information content (AvgIpc) is 2.44. The summed E-state index contributed by atoms with van der Waals surface area (Å²) in [6, 6.07) is 0. The number of carbonyl (C=O) groups excluding carboxylic acids is 1. The van der Waals surface area contributed by atoms with Crippen LogP contribution in [-0.4, -0.2) is 24.7 Å². The highest BCUT2D eigenvalue weighted by Gasteiger charge is 2.21. The van der Waals surface area contributed by atoms with Crippen molar-refractivity contribution in [1.82, 2.24) is 9.88 Å². The fourth-order valence-electron chi connectivity index (χ4n) is 1.79. The number of rotatable bonds is 3. The fraction of sp³-hybridized carbons (Fsp3) is 0.545. The molecule has 1 aromatic heterocycles. The highest BCUT2D eigenvalue weighted by molar-refractivity contribution is 5.93. The third kappa shape index (κ3) is 1.90. The molecular weight excluding hydrogens is 192 g/mol. The van der Waals surface area contributed by atoms with Crippen LogP contribution in [0.2, 0.25) is 0 Å². The zero-order chi connectivity index (χ0) is 11.6. The van der Waals surface area contributed by atoms with Gasteiger partial charge in [-0.05, 0) is 20.9 Å². The van der Waals surface area contributed by atoms with Gasteiger partial charge in [-0.1, -0.05) is 0 Å². The molecule has 4 heteroatoms. The van der Waals surface area contributed by atoms with Gasteiger partial charge in [-0.25, -0.2) is 4.79 Å². The van der Waals surface area contributed by atoms with Crippen molar-refractivity contribution in [3.8, 4) is 0 Å². The molecule has 0 aliphatic rings. The van der Waals surface area contributed by atoms with E-state index in [0.717, 1.165) is 17.0 Å². The fourth-order valence-corrected chi connectivity index (χ4v) is 1.79. The molecule has 0 aliphatic heterocycles. The number of nitrogens with one attached hydrogen (secondary N) is 1. The van der Waals surface area contributed by atoms with Gasteiger partial charge in [-0.3, -0.25) is 0 Å². The molecule has 1 rings (SSSR count). The van der Waals surface area contributed by atoms with Crippen molar-refractivity contribution in [1.29, 1.82) is 0 Å². The van der Waals surface area contributed by atoms with E-state index in [4.69, 9.17) is 4.74 Å². The molecule has 0 fully saturated rings. The zero-order valence-corrected chi connectivity index (χ0v) is 9.97. The Hall–Kier alpha value is -1.29. The highest BCUT2D eigenvalue weighted by Crippen LogP contribution is 2.21. The van der Waals surface area contributed by atoms with Crippen molar-refractivity contribution in [2.24, 2.45) is 7.05 Å². The van der Waals surface area contributed by atoms with Gasteiger partial charge in [-0.2, -0.15) is 0 Å². The summed E-state index contributed by atoms with van der Waals surface area (Å²) in [5.74, 6) is -0.263. The molecule has 0 radical (unpaired) electrons. The van der Waals surface area contributed by atoms with E-state index < -0.39 is 0 Å². The first-order valence-electron chi connectivity index (χ1n) is 4.92. The largest absolute Gasteiger partial charge is 0.465 e. The Bertz CT molecular complexity index is 380. The molecular formula is C11H18N2O2. The maximum atomic E-state index is 11.6. The van der Waals surface area contributed by atoms with Crippen LogP contribution >= 0.6 is 0 Å². The maximum Gasteiger partial charge on any atom is 0.340 e. The molecule has 0 aliphatic carbocycles. The van der Waals surface area contributed by atoms with Gasteiger partial charge in [-0.15, -0.1) is 0 Å². The Kier molecular flexibility index (Phi) is 3.52. The van der Waals surface area contributed by atoms with Crippen molar-refractivity contribution in [3.63, 3.8) is 0 Å². The number of hydrogen-bond donors (Lipinski definition) is 1. The van der Waals surface area contributed by atoms with Crippen molar-refractivity contribution < 1.29 is 9.53 Å². The molecule has 0 unspecified atom stereocenters. The highest BCUT2D eigenvalue weighted by atomic mass is 16.5. The van der Waals surface area contributed by atoms with Crippen molar-refractivity contribution in [2.75, 3.05) is 14.2 Å². The lowest BCUT2D eigenvalue weighted by molar-refractivity contribution is 0.0598. The van der Waals surface area contributed by atoms with Crippen LogP contribution in [0.25, 0.3) is 0 Å². The molecule has 0 atom stereocenters. The molecule has 1 N–H and O–H groups in total. The van der Waals surface area contributed by atoms with Gasteiger partial charge in [0.05, 0.1) is 12.7 Å². The van der Waals surface area contributed by atoms with Gasteiger partial charge >= 0.3 is 5.97 Å². The van der Waals surface area contributed by atoms with Crippen LogP contribution in [0.3, 0.4) is 0 Å². The van der Waals surface area contributed by atoms with Gasteiger partial charge in [0, 0.05) is 30.5 Å². The van der Waals surface area contributed by atoms with E-state index in [1.807, 2.05) is 32.5 Å². The Labute approximate surface area is 90.2 Å². The Morgan fingerprint density at radius 3 is 2.47 bits per heavy atom. The Balaban J connectivity index is 3.33. The lowest BCUT2D eigenvalue weighted by Gasteiger charge is -2.03. The maximum absolute atomic E-state index is 11.6. The van der Waals surface area contributed by atoms with Crippen LogP contribution in [-0.2, 0) is 18.3 Å². The summed E-state index contributed by atoms with van der Waals surface area (Å²) in [6.07, 6.45) is 0. The summed E-state index contributed by atoms with van der Waals surface area (Å²) in [6.45, 7) is 4.61. The minimum Gasteiger partial charge on any atom is -0.465 e. The van der Waals surface area contributed by atoms with E-state index in [1.165, 1.54) is 7.11 Å². The first-order chi connectivity index (χ1) is 7.04. The van der Waals surface area contributed by atoms with E-state index in [-0.39, 0.29) is 5.97 Å². The molecule has 0 saturated heterocycles. The third-order valence-corrected chi connectivity index (χ3v) is 2.85. The Morgan fingerprint density at radius 2 is 2.00 bits per heavy atom. The van der Waals surface area contributed by atoms with Crippen LogP contribution in [0.4, 0.5) is 0 Å². The predicted molar refractivity (Wildman–Crippen MR) is 59.0 cm³/mol. The van der Waals surface area contributed by atoms with Gasteiger partial charge in [0.25, 0.3) is 0 Å². The first kappa shape index (κ1) is 11.8. The molecule has 0 amide bonds. The van der Waals surface area contributed by atoms with Gasteiger partial charge in [0.15, 0.2) is 0 Å². The van der Waals surface area contributed by atoms with Crippen LogP contribution < -0.4 is 5.32 Å². The topological polar surface area (TPSA) is 43.3 Å². The van der Waals surface area contributed by atoms with E-state index >= 15 is 0 Å². The molecule has 0 spiro atoms. The minimum absolute atomic E-state index is 0.263. The predicted octanol–water partition coefficient (Wildman–Crippen LogP) is 1.15. The SMILES string of the molecule is CNCc1c(C(=O)OC)c(C)n(C)c1C. The van der Waals surface area contributed by atoms with Crippen molar-refractivity contribution in [3.05, 3.63) is 22.5 Å². The summed E-state index contributed by atoms with van der Waals surface area (Å²) in [4.78, 5) is 11.6. The minimum atomic E-state index is -0.263. The Morgan fingerprint density at radius 1 is 1.40 bits per heavy atom. The average molecular weight is 210 g/mol. The molecule has 1 heterocycles. The second kappa shape index (κ2) is 4.49. The van der Waals surface area contributed by atoms with E-state index in [0.29, 0.717) is 12.1 Å². The van der Waals surface area contributed by atoms with E-state index in [1.54, 1.807) is 0 Å². The number of esters is 1. The van der Waals surface area contributed by atoms with Crippen LogP contribution in [0.1, 0.15) is 27.3 Å². The standard InChI is InChI=1S/C11H18N2O2/c1-7-9(6-12-3)10(11(14)15-5)8(2)13(7)4/h12H,6H2,1-5H3. The molecule has 0 aromatic carbocycles. The summed E-state index contributed by atoms with van der Waals surface area (Å²) in [7, 11) is 5.23. The van der Waals surface area contributed by atoms with Crippen molar-refractivity contribution >= 4 is 5.97 Å². The van der Waals surface area contributed by atoms with E-state index in [2.05, 4.69) is 5.32 Å². The molecule has 15 heavy (non-hydrogen) atoms. The van der Waals surface area contributed by atoms with Crippen LogP contribution in [0.5, 0.6) is 0 Å². The lowest BCUT2D eigenvalue weighted by Crippen LogP contribution is -2.11. The number of nitrogens with zero attached hydrogens (tertiary/aromatic N) is 1. The third-order valence-electron chi connectivity index (χ3n) is 2.85. The number of carbonyl (C=O) groups is 1. The molecule has 84 valence electrons. The van der Waals surface area contributed by atoms with Crippen LogP contribution in [0.15, 0.2) is 0 Å². The lowest BCUT2D eigenvalue weighted by atomic mass is 10.1. The monoisotopic (exact) mass is 210 g/mol. The smallest absolute Gasteiger partial charge is 0.340 e. The summed E-state index contributed by atoms with van der Waals surface area (Å²) in [5, 5.41) is 3.06. The van der Waals surface area contributed by atoms with E-state index in [9.17, 15) is 4.79 Å². The van der Waals surface area contributed by atoms with Crippen LogP contribution in [0, 0.1) is 13.8 Å². The second-order valence-electron chi connectivity index (χ2n) is 3.61. The molecule has 4 nitrogen and oxygen atoms in total. The first-order valence-corrected chi connectivity index (χ1v) is 4.92. The molecule has 0 bridgehead atoms. The van der Waals surface area contributed by atoms with Gasteiger partial charge in [0.1, 0.15) is 0 Å². The second-order valence-corrected chi connectivity index (χ2v) is 3.61. The normalized spacial score (nSPS) is 10.5. The number of hydrogen-bond acceptors (Lipinski definition) is 3. The van der Waals surface area contributed by atoms with Gasteiger partial charge < -0.3 is 14.6 Å². The summed E-state index contributed by atoms with van der Waals surface area (Å²) in [5.41, 5.74) is 3.75. The molecule has 1 aromatic rings. The summed E-state index contributed by atoms with van der Waals surface area (Å²) < 4.78 is 6.81.